The summed E-state index contributed by atoms with van der Waals surface area (Å²) in [6.07, 6.45) is 5.43. The number of amides is 1. The van der Waals surface area contributed by atoms with E-state index in [2.05, 4.69) is 24.3 Å². The maximum atomic E-state index is 12.6. The Bertz CT molecular complexity index is 839. The zero-order valence-electron chi connectivity index (χ0n) is 15.4. The van der Waals surface area contributed by atoms with Crippen molar-refractivity contribution in [1.82, 2.24) is 4.90 Å². The Balaban J connectivity index is 1.39. The molecule has 4 rings (SSSR count). The quantitative estimate of drug-likeness (QED) is 0.773. The fraction of sp³-hybridized carbons (Fsp3) is 0.318. The number of piperidine rings is 1. The molecule has 0 radical (unpaired) electrons. The lowest BCUT2D eigenvalue weighted by Crippen LogP contribution is -2.36. The van der Waals surface area contributed by atoms with Crippen LogP contribution in [0, 0.1) is 0 Å². The van der Waals surface area contributed by atoms with Crippen LogP contribution in [0.5, 0.6) is 17.2 Å². The topological polar surface area (TPSA) is 48.0 Å². The van der Waals surface area contributed by atoms with Gasteiger partial charge in [0, 0.05) is 19.2 Å². The minimum Gasteiger partial charge on any atom is -0.493 e. The van der Waals surface area contributed by atoms with E-state index in [1.54, 1.807) is 19.3 Å². The predicted octanol–water partition coefficient (Wildman–Crippen LogP) is 3.84. The van der Waals surface area contributed by atoms with Crippen LogP contribution in [-0.2, 0) is 4.79 Å². The number of hydrogen-bond donors (Lipinski definition) is 0. The molecule has 2 aromatic carbocycles. The Morgan fingerprint density at radius 3 is 2.67 bits per heavy atom. The van der Waals surface area contributed by atoms with Crippen molar-refractivity contribution in [2.45, 2.75) is 18.8 Å². The van der Waals surface area contributed by atoms with Crippen molar-refractivity contribution in [3.8, 4) is 17.2 Å². The molecule has 0 bridgehead atoms. The smallest absolute Gasteiger partial charge is 0.246 e. The van der Waals surface area contributed by atoms with Crippen molar-refractivity contribution in [1.29, 1.82) is 0 Å². The number of likely N-dealkylation sites (tertiary alicyclic amines) is 1. The summed E-state index contributed by atoms with van der Waals surface area (Å²) in [4.78, 5) is 14.5. The maximum absolute atomic E-state index is 12.6. The molecule has 0 saturated carbocycles. The normalized spacial score (nSPS) is 16.7. The molecule has 0 aliphatic carbocycles. The van der Waals surface area contributed by atoms with Crippen molar-refractivity contribution in [2.75, 3.05) is 27.0 Å². The molecule has 2 aliphatic rings. The number of benzene rings is 2. The molecule has 1 amide bonds. The standard InChI is InChI=1S/C22H23NO4/c1-25-19-13-16(14-20-22(19)27-15-26-20)7-8-21(24)23-11-9-18(10-12-23)17-5-3-2-4-6-17/h2-8,13-14,18H,9-12,15H2,1H3/b8-7+. The van der Waals surface area contributed by atoms with Crippen molar-refractivity contribution in [3.05, 3.63) is 59.7 Å². The highest BCUT2D eigenvalue weighted by molar-refractivity contribution is 5.92. The second-order valence-corrected chi connectivity index (χ2v) is 6.80. The van der Waals surface area contributed by atoms with Crippen LogP contribution in [0.3, 0.4) is 0 Å². The largest absolute Gasteiger partial charge is 0.493 e. The van der Waals surface area contributed by atoms with Crippen molar-refractivity contribution < 1.29 is 19.0 Å². The fourth-order valence-corrected chi connectivity index (χ4v) is 3.68. The first-order valence-electron chi connectivity index (χ1n) is 9.24. The Kier molecular flexibility index (Phi) is 5.01. The molecule has 0 atom stereocenters. The van der Waals surface area contributed by atoms with Gasteiger partial charge in [-0.1, -0.05) is 30.3 Å². The highest BCUT2D eigenvalue weighted by Crippen LogP contribution is 2.42. The van der Waals surface area contributed by atoms with Gasteiger partial charge in [-0.3, -0.25) is 4.79 Å². The van der Waals surface area contributed by atoms with Crippen molar-refractivity contribution in [2.24, 2.45) is 0 Å². The Hall–Kier alpha value is -2.95. The minimum atomic E-state index is 0.0399. The molecule has 2 heterocycles. The van der Waals surface area contributed by atoms with Crippen LogP contribution in [0.15, 0.2) is 48.5 Å². The molecule has 1 saturated heterocycles. The first-order valence-corrected chi connectivity index (χ1v) is 9.24. The molecule has 0 aromatic heterocycles. The van der Waals surface area contributed by atoms with E-state index in [0.717, 1.165) is 31.5 Å². The van der Waals surface area contributed by atoms with E-state index in [1.807, 2.05) is 23.1 Å². The van der Waals surface area contributed by atoms with E-state index in [1.165, 1.54) is 5.56 Å². The van der Waals surface area contributed by atoms with Crippen LogP contribution in [0.4, 0.5) is 0 Å². The zero-order valence-corrected chi connectivity index (χ0v) is 15.4. The van der Waals surface area contributed by atoms with Gasteiger partial charge >= 0.3 is 0 Å². The third kappa shape index (κ3) is 3.77. The number of ether oxygens (including phenoxy) is 3. The molecule has 5 nitrogen and oxygen atoms in total. The highest BCUT2D eigenvalue weighted by Gasteiger charge is 2.23. The Morgan fingerprint density at radius 1 is 1.15 bits per heavy atom. The van der Waals surface area contributed by atoms with Gasteiger partial charge in [0.25, 0.3) is 0 Å². The summed E-state index contributed by atoms with van der Waals surface area (Å²) < 4.78 is 16.2. The Labute approximate surface area is 159 Å². The first kappa shape index (κ1) is 17.5. The average Bonchev–Trinajstić information content (AvgIpc) is 3.21. The second kappa shape index (κ2) is 7.74. The fourth-order valence-electron chi connectivity index (χ4n) is 3.68. The van der Waals surface area contributed by atoms with Gasteiger partial charge in [0.2, 0.25) is 18.4 Å². The summed E-state index contributed by atoms with van der Waals surface area (Å²) in [5.74, 6) is 2.45. The molecule has 2 aromatic rings. The van der Waals surface area contributed by atoms with E-state index in [0.29, 0.717) is 23.2 Å². The number of methoxy groups -OCH3 is 1. The molecule has 2 aliphatic heterocycles. The van der Waals surface area contributed by atoms with Crippen LogP contribution in [0.1, 0.15) is 29.9 Å². The molecule has 140 valence electrons. The number of fused-ring (bicyclic) bond motifs is 1. The number of carbonyl (C=O) groups is 1. The van der Waals surface area contributed by atoms with Gasteiger partial charge in [-0.15, -0.1) is 0 Å². The van der Waals surface area contributed by atoms with E-state index in [4.69, 9.17) is 14.2 Å². The van der Waals surface area contributed by atoms with E-state index in [9.17, 15) is 4.79 Å². The SMILES string of the molecule is COc1cc(/C=C/C(=O)N2CCC(c3ccccc3)CC2)cc2c1OCO2. The van der Waals surface area contributed by atoms with Gasteiger partial charge in [0.1, 0.15) is 0 Å². The minimum absolute atomic E-state index is 0.0399. The lowest BCUT2D eigenvalue weighted by Gasteiger charge is -2.31. The van der Waals surface area contributed by atoms with E-state index >= 15 is 0 Å². The summed E-state index contributed by atoms with van der Waals surface area (Å²) >= 11 is 0. The van der Waals surface area contributed by atoms with Crippen LogP contribution >= 0.6 is 0 Å². The third-order valence-electron chi connectivity index (χ3n) is 5.18. The molecule has 0 N–H and O–H groups in total. The molecular weight excluding hydrogens is 342 g/mol. The zero-order chi connectivity index (χ0) is 18.6. The van der Waals surface area contributed by atoms with Gasteiger partial charge < -0.3 is 19.1 Å². The van der Waals surface area contributed by atoms with Crippen LogP contribution in [0.2, 0.25) is 0 Å². The van der Waals surface area contributed by atoms with E-state index < -0.39 is 0 Å². The summed E-state index contributed by atoms with van der Waals surface area (Å²) in [5, 5.41) is 0. The number of hydrogen-bond acceptors (Lipinski definition) is 4. The Morgan fingerprint density at radius 2 is 1.93 bits per heavy atom. The van der Waals surface area contributed by atoms with Gasteiger partial charge in [-0.2, -0.15) is 0 Å². The monoisotopic (exact) mass is 365 g/mol. The highest BCUT2D eigenvalue weighted by atomic mass is 16.7. The number of rotatable bonds is 4. The molecule has 5 heteroatoms. The van der Waals surface area contributed by atoms with Crippen molar-refractivity contribution in [3.63, 3.8) is 0 Å². The third-order valence-corrected chi connectivity index (χ3v) is 5.18. The second-order valence-electron chi connectivity index (χ2n) is 6.80. The van der Waals surface area contributed by atoms with Gasteiger partial charge in [-0.25, -0.2) is 0 Å². The molecule has 27 heavy (non-hydrogen) atoms. The predicted molar refractivity (Wildman–Crippen MR) is 103 cm³/mol. The summed E-state index contributed by atoms with van der Waals surface area (Å²) in [6, 6.07) is 14.3. The lowest BCUT2D eigenvalue weighted by molar-refractivity contribution is -0.126. The molecular formula is C22H23NO4. The lowest BCUT2D eigenvalue weighted by atomic mass is 9.89. The maximum Gasteiger partial charge on any atom is 0.246 e. The van der Waals surface area contributed by atoms with Gasteiger partial charge in [-0.05, 0) is 48.1 Å². The molecule has 1 fully saturated rings. The van der Waals surface area contributed by atoms with Crippen molar-refractivity contribution >= 4 is 12.0 Å². The van der Waals surface area contributed by atoms with E-state index in [-0.39, 0.29) is 12.7 Å². The molecule has 0 unspecified atom stereocenters. The van der Waals surface area contributed by atoms with Crippen LogP contribution in [-0.4, -0.2) is 37.8 Å². The summed E-state index contributed by atoms with van der Waals surface area (Å²) in [6.45, 7) is 1.76. The van der Waals surface area contributed by atoms with Gasteiger partial charge in [0.05, 0.1) is 7.11 Å². The van der Waals surface area contributed by atoms with Gasteiger partial charge in [0.15, 0.2) is 11.5 Å². The first-order chi connectivity index (χ1) is 13.2. The summed E-state index contributed by atoms with van der Waals surface area (Å²) in [5.41, 5.74) is 2.22. The molecule has 0 spiro atoms. The average molecular weight is 365 g/mol. The van der Waals surface area contributed by atoms with Crippen LogP contribution in [0.25, 0.3) is 6.08 Å². The summed E-state index contributed by atoms with van der Waals surface area (Å²) in [7, 11) is 1.59. The number of carbonyl (C=O) groups excluding carboxylic acids is 1. The number of nitrogens with zero attached hydrogens (tertiary/aromatic N) is 1. The van der Waals surface area contributed by atoms with Crippen LogP contribution < -0.4 is 14.2 Å².